The van der Waals surface area contributed by atoms with Crippen molar-refractivity contribution in [3.05, 3.63) is 69.8 Å². The van der Waals surface area contributed by atoms with Crippen LogP contribution in [0.4, 0.5) is 18.9 Å². The number of anilines is 1. The van der Waals surface area contributed by atoms with Crippen LogP contribution in [0.1, 0.15) is 89.4 Å². The molecule has 0 spiro atoms. The van der Waals surface area contributed by atoms with Gasteiger partial charge in [-0.15, -0.1) is 10.2 Å². The average Bonchev–Trinajstić information content (AvgIpc) is 3.59. The third kappa shape index (κ3) is 4.24. The SMILES string of the molecule is C[C@H](NCc1cc2c(c(C(F)(F)F)c1)CN(c1cc(C3(c4nncn4C)CCC3)cc3c1OCC3)C2=O)C1CCC1. The largest absolute Gasteiger partial charge is 0.491 e. The van der Waals surface area contributed by atoms with Crippen molar-refractivity contribution in [3.8, 4) is 5.75 Å². The molecule has 0 bridgehead atoms. The third-order valence-corrected chi connectivity index (χ3v) is 9.85. The number of hydrogen-bond donors (Lipinski definition) is 1. The monoisotopic (exact) mass is 565 g/mol. The molecule has 2 aliphatic heterocycles. The highest BCUT2D eigenvalue weighted by Crippen LogP contribution is 2.52. The van der Waals surface area contributed by atoms with E-state index < -0.39 is 17.6 Å². The van der Waals surface area contributed by atoms with Gasteiger partial charge in [-0.1, -0.05) is 18.9 Å². The number of halogens is 3. The average molecular weight is 566 g/mol. The van der Waals surface area contributed by atoms with Crippen molar-refractivity contribution in [2.24, 2.45) is 13.0 Å². The first-order valence-corrected chi connectivity index (χ1v) is 14.6. The van der Waals surface area contributed by atoms with E-state index in [1.54, 1.807) is 12.4 Å². The van der Waals surface area contributed by atoms with E-state index in [0.717, 1.165) is 49.1 Å². The number of alkyl halides is 3. The summed E-state index contributed by atoms with van der Waals surface area (Å²) in [5, 5.41) is 11.9. The number of nitrogens with zero attached hydrogens (tertiary/aromatic N) is 4. The molecule has 1 atom stereocenters. The Morgan fingerprint density at radius 2 is 1.98 bits per heavy atom. The summed E-state index contributed by atoms with van der Waals surface area (Å²) in [5.74, 6) is 1.58. The second-order valence-corrected chi connectivity index (χ2v) is 12.2. The predicted octanol–water partition coefficient (Wildman–Crippen LogP) is 5.68. The van der Waals surface area contributed by atoms with Gasteiger partial charge < -0.3 is 19.5 Å². The number of nitrogens with one attached hydrogen (secondary N) is 1. The van der Waals surface area contributed by atoms with Crippen molar-refractivity contribution in [2.75, 3.05) is 11.5 Å². The lowest BCUT2D eigenvalue weighted by Crippen LogP contribution is -2.38. The zero-order valence-corrected chi connectivity index (χ0v) is 23.4. The van der Waals surface area contributed by atoms with Crippen LogP contribution in [0.15, 0.2) is 30.6 Å². The van der Waals surface area contributed by atoms with Gasteiger partial charge in [0, 0.05) is 31.6 Å². The molecule has 0 saturated heterocycles. The number of fused-ring (bicyclic) bond motifs is 2. The summed E-state index contributed by atoms with van der Waals surface area (Å²) in [6.45, 7) is 2.69. The fraction of sp³-hybridized carbons (Fsp3) is 0.516. The Morgan fingerprint density at radius 3 is 2.61 bits per heavy atom. The highest BCUT2D eigenvalue weighted by atomic mass is 19.4. The minimum absolute atomic E-state index is 0.0297. The number of rotatable bonds is 7. The predicted molar refractivity (Wildman–Crippen MR) is 147 cm³/mol. The molecule has 2 aliphatic carbocycles. The molecule has 10 heteroatoms. The fourth-order valence-corrected chi connectivity index (χ4v) is 7.06. The molecule has 2 aromatic carbocycles. The quantitative estimate of drug-likeness (QED) is 0.399. The molecule has 1 N–H and O–H groups in total. The summed E-state index contributed by atoms with van der Waals surface area (Å²) in [6, 6.07) is 7.14. The van der Waals surface area contributed by atoms with Gasteiger partial charge in [-0.25, -0.2) is 0 Å². The summed E-state index contributed by atoms with van der Waals surface area (Å²) < 4.78 is 51.0. The van der Waals surface area contributed by atoms with E-state index in [0.29, 0.717) is 35.9 Å². The van der Waals surface area contributed by atoms with E-state index in [1.165, 1.54) is 17.4 Å². The van der Waals surface area contributed by atoms with Crippen molar-refractivity contribution in [2.45, 2.75) is 82.6 Å². The zero-order valence-electron chi connectivity index (χ0n) is 23.4. The van der Waals surface area contributed by atoms with Crippen LogP contribution in [0.5, 0.6) is 5.75 Å². The number of amides is 1. The maximum Gasteiger partial charge on any atom is 0.416 e. The number of benzene rings is 2. The first-order valence-electron chi connectivity index (χ1n) is 14.6. The van der Waals surface area contributed by atoms with Crippen LogP contribution >= 0.6 is 0 Å². The van der Waals surface area contributed by atoms with Gasteiger partial charge in [-0.05, 0) is 79.0 Å². The molecule has 4 aliphatic rings. The Kier molecular flexibility index (Phi) is 6.19. The van der Waals surface area contributed by atoms with E-state index in [4.69, 9.17) is 4.74 Å². The molecular formula is C31H34F3N5O2. The van der Waals surface area contributed by atoms with Crippen LogP contribution in [0, 0.1) is 5.92 Å². The molecule has 7 rings (SSSR count). The number of hydrogen-bond acceptors (Lipinski definition) is 5. The van der Waals surface area contributed by atoms with E-state index >= 15 is 0 Å². The van der Waals surface area contributed by atoms with Gasteiger partial charge in [-0.3, -0.25) is 4.79 Å². The topological polar surface area (TPSA) is 72.3 Å². The normalized spacial score (nSPS) is 20.3. The van der Waals surface area contributed by atoms with Gasteiger partial charge in [0.15, 0.2) is 0 Å². The molecule has 1 amide bonds. The summed E-state index contributed by atoms with van der Waals surface area (Å²) in [7, 11) is 1.92. The summed E-state index contributed by atoms with van der Waals surface area (Å²) >= 11 is 0. The number of aromatic nitrogens is 3. The lowest BCUT2D eigenvalue weighted by atomic mass is 9.63. The Hall–Kier alpha value is -3.40. The Labute approximate surface area is 237 Å². The van der Waals surface area contributed by atoms with Gasteiger partial charge in [0.05, 0.1) is 29.8 Å². The molecule has 216 valence electrons. The highest BCUT2D eigenvalue weighted by molar-refractivity contribution is 6.11. The van der Waals surface area contributed by atoms with Crippen molar-refractivity contribution in [3.63, 3.8) is 0 Å². The van der Waals surface area contributed by atoms with Crippen LogP contribution in [0.2, 0.25) is 0 Å². The van der Waals surface area contributed by atoms with Gasteiger partial charge in [0.25, 0.3) is 5.91 Å². The molecule has 1 aromatic heterocycles. The third-order valence-electron chi connectivity index (χ3n) is 9.85. The molecule has 0 radical (unpaired) electrons. The minimum Gasteiger partial charge on any atom is -0.491 e. The fourth-order valence-electron chi connectivity index (χ4n) is 7.06. The van der Waals surface area contributed by atoms with Gasteiger partial charge >= 0.3 is 6.18 Å². The van der Waals surface area contributed by atoms with Gasteiger partial charge in [0.1, 0.15) is 17.9 Å². The van der Waals surface area contributed by atoms with Gasteiger partial charge in [-0.2, -0.15) is 13.2 Å². The molecule has 2 fully saturated rings. The summed E-state index contributed by atoms with van der Waals surface area (Å²) in [5.41, 5.74) is 2.07. The molecule has 2 saturated carbocycles. The van der Waals surface area contributed by atoms with E-state index in [2.05, 4.69) is 28.5 Å². The second kappa shape index (κ2) is 9.58. The molecule has 3 heterocycles. The number of ether oxygens (including phenoxy) is 1. The summed E-state index contributed by atoms with van der Waals surface area (Å²) in [6.07, 6.45) is 4.10. The Bertz CT molecular complexity index is 1520. The smallest absolute Gasteiger partial charge is 0.416 e. The molecule has 3 aromatic rings. The van der Waals surface area contributed by atoms with Crippen molar-refractivity contribution >= 4 is 11.6 Å². The second-order valence-electron chi connectivity index (χ2n) is 12.2. The van der Waals surface area contributed by atoms with Gasteiger partial charge in [0.2, 0.25) is 0 Å². The van der Waals surface area contributed by atoms with E-state index in [-0.39, 0.29) is 35.7 Å². The summed E-state index contributed by atoms with van der Waals surface area (Å²) in [4.78, 5) is 15.4. The van der Waals surface area contributed by atoms with Crippen LogP contribution < -0.4 is 15.0 Å². The van der Waals surface area contributed by atoms with Crippen molar-refractivity contribution < 1.29 is 22.7 Å². The number of carbonyl (C=O) groups is 1. The number of carbonyl (C=O) groups excluding carboxylic acids is 1. The maximum atomic E-state index is 14.4. The highest BCUT2D eigenvalue weighted by Gasteiger charge is 2.46. The zero-order chi connectivity index (χ0) is 28.5. The number of aryl methyl sites for hydroxylation is 1. The van der Waals surface area contributed by atoms with Crippen molar-refractivity contribution in [1.29, 1.82) is 0 Å². The first kappa shape index (κ1) is 26.5. The molecule has 7 nitrogen and oxygen atoms in total. The Morgan fingerprint density at radius 1 is 1.17 bits per heavy atom. The van der Waals surface area contributed by atoms with Crippen molar-refractivity contribution in [1.82, 2.24) is 20.1 Å². The lowest BCUT2D eigenvalue weighted by molar-refractivity contribution is -0.138. The van der Waals surface area contributed by atoms with Crippen LogP contribution in [-0.4, -0.2) is 33.3 Å². The first-order chi connectivity index (χ1) is 19.7. The minimum atomic E-state index is -4.57. The lowest BCUT2D eigenvalue weighted by Gasteiger charge is -2.41. The Balaban J connectivity index is 1.27. The standard InChI is InChI=1S/C31H34F3N5O2/c1-18(20-5-3-6-20)35-15-19-11-23-24(25(12-19)31(32,33)34)16-39(28(23)40)26-14-22(13-21-7-10-41-27(21)26)30(8-4-9-30)29-37-36-17-38(29)2/h11-14,17-18,20,35H,3-10,15-16H2,1-2H3/t18-/m0/s1. The maximum absolute atomic E-state index is 14.4. The molecular weight excluding hydrogens is 531 g/mol. The van der Waals surface area contributed by atoms with E-state index in [9.17, 15) is 18.0 Å². The molecule has 41 heavy (non-hydrogen) atoms. The molecule has 0 unspecified atom stereocenters. The van der Waals surface area contributed by atoms with Crippen LogP contribution in [-0.2, 0) is 38.1 Å². The van der Waals surface area contributed by atoms with Crippen LogP contribution in [0.25, 0.3) is 0 Å². The van der Waals surface area contributed by atoms with E-state index in [1.807, 2.05) is 17.7 Å². The van der Waals surface area contributed by atoms with Crippen LogP contribution in [0.3, 0.4) is 0 Å².